The molecule has 2 unspecified atom stereocenters. The van der Waals surface area contributed by atoms with Crippen LogP contribution in [0.15, 0.2) is 0 Å². The van der Waals surface area contributed by atoms with Crippen molar-refractivity contribution in [1.82, 2.24) is 4.72 Å². The van der Waals surface area contributed by atoms with E-state index < -0.39 is 10.0 Å². The summed E-state index contributed by atoms with van der Waals surface area (Å²) >= 11 is 0. The maximum atomic E-state index is 12.2. The molecule has 2 aliphatic rings. The number of sulfonamides is 1. The highest BCUT2D eigenvalue weighted by atomic mass is 32.2. The molecule has 106 valence electrons. The average molecular weight is 274 g/mol. The minimum Gasteiger partial charge on any atom is -0.328 e. The van der Waals surface area contributed by atoms with E-state index in [0.29, 0.717) is 12.5 Å². The Bertz CT molecular complexity index is 350. The smallest absolute Gasteiger partial charge is 0.214 e. The molecule has 2 fully saturated rings. The predicted molar refractivity (Wildman–Crippen MR) is 73.7 cm³/mol. The van der Waals surface area contributed by atoms with Gasteiger partial charge in [0.15, 0.2) is 0 Å². The van der Waals surface area contributed by atoms with E-state index >= 15 is 0 Å². The predicted octanol–water partition coefficient (Wildman–Crippen LogP) is 1.76. The molecule has 2 atom stereocenters. The lowest BCUT2D eigenvalue weighted by Crippen LogP contribution is -2.40. The van der Waals surface area contributed by atoms with Gasteiger partial charge in [0.1, 0.15) is 0 Å². The Morgan fingerprint density at radius 1 is 1.00 bits per heavy atom. The van der Waals surface area contributed by atoms with Crippen LogP contribution in [-0.4, -0.2) is 26.3 Å². The summed E-state index contributed by atoms with van der Waals surface area (Å²) < 4.78 is 27.2. The standard InChI is InChI=1S/C13H26N2O2S/c14-12-6-4-5-11(9-12)10-15-18(16,17)13-7-2-1-3-8-13/h11-13,15H,1-10,14H2. The first kappa shape index (κ1) is 14.3. The molecule has 0 amide bonds. The number of rotatable bonds is 4. The SMILES string of the molecule is NC1CCCC(CNS(=O)(=O)C2CCCCC2)C1. The van der Waals surface area contributed by atoms with Crippen LogP contribution in [0.3, 0.4) is 0 Å². The lowest BCUT2D eigenvalue weighted by molar-refractivity contribution is 0.321. The Morgan fingerprint density at radius 2 is 1.72 bits per heavy atom. The summed E-state index contributed by atoms with van der Waals surface area (Å²) in [5, 5.41) is -0.150. The van der Waals surface area contributed by atoms with Gasteiger partial charge in [-0.3, -0.25) is 0 Å². The summed E-state index contributed by atoms with van der Waals surface area (Å²) in [6, 6.07) is 0.267. The Hall–Kier alpha value is -0.130. The summed E-state index contributed by atoms with van der Waals surface area (Å²) in [4.78, 5) is 0. The molecule has 0 aromatic carbocycles. The molecule has 0 aromatic heterocycles. The number of hydrogen-bond donors (Lipinski definition) is 2. The van der Waals surface area contributed by atoms with Crippen LogP contribution in [0.4, 0.5) is 0 Å². The van der Waals surface area contributed by atoms with E-state index in [1.54, 1.807) is 0 Å². The second-order valence-electron chi connectivity index (χ2n) is 5.95. The van der Waals surface area contributed by atoms with E-state index in [2.05, 4.69) is 4.72 Å². The van der Waals surface area contributed by atoms with Crippen LogP contribution >= 0.6 is 0 Å². The van der Waals surface area contributed by atoms with E-state index in [-0.39, 0.29) is 11.3 Å². The number of nitrogens with one attached hydrogen (secondary N) is 1. The second kappa shape index (κ2) is 6.35. The zero-order chi connectivity index (χ0) is 13.0. The molecule has 2 saturated carbocycles. The van der Waals surface area contributed by atoms with Gasteiger partial charge in [-0.25, -0.2) is 13.1 Å². The van der Waals surface area contributed by atoms with E-state index in [0.717, 1.165) is 51.4 Å². The van der Waals surface area contributed by atoms with Gasteiger partial charge >= 0.3 is 0 Å². The molecule has 3 N–H and O–H groups in total. The minimum absolute atomic E-state index is 0.150. The monoisotopic (exact) mass is 274 g/mol. The van der Waals surface area contributed by atoms with Gasteiger partial charge in [0.25, 0.3) is 0 Å². The van der Waals surface area contributed by atoms with Crippen molar-refractivity contribution >= 4 is 10.0 Å². The van der Waals surface area contributed by atoms with Crippen molar-refractivity contribution in [2.24, 2.45) is 11.7 Å². The third-order valence-electron chi connectivity index (χ3n) is 4.39. The molecule has 5 heteroatoms. The Balaban J connectivity index is 1.80. The van der Waals surface area contributed by atoms with Crippen molar-refractivity contribution in [1.29, 1.82) is 0 Å². The van der Waals surface area contributed by atoms with Crippen molar-refractivity contribution in [3.05, 3.63) is 0 Å². The molecule has 0 aromatic rings. The van der Waals surface area contributed by atoms with Crippen molar-refractivity contribution in [2.45, 2.75) is 69.1 Å². The van der Waals surface area contributed by atoms with Gasteiger partial charge in [-0.2, -0.15) is 0 Å². The first-order chi connectivity index (χ1) is 8.58. The first-order valence-corrected chi connectivity index (χ1v) is 8.86. The molecule has 0 aliphatic heterocycles. The minimum atomic E-state index is -3.09. The van der Waals surface area contributed by atoms with Crippen molar-refractivity contribution < 1.29 is 8.42 Å². The van der Waals surface area contributed by atoms with Gasteiger partial charge in [0.2, 0.25) is 10.0 Å². The molecule has 0 saturated heterocycles. The van der Waals surface area contributed by atoms with Crippen molar-refractivity contribution in [3.8, 4) is 0 Å². The van der Waals surface area contributed by atoms with E-state index in [4.69, 9.17) is 5.73 Å². The zero-order valence-electron chi connectivity index (χ0n) is 11.1. The van der Waals surface area contributed by atoms with Gasteiger partial charge in [-0.1, -0.05) is 25.7 Å². The molecular weight excluding hydrogens is 248 g/mol. The highest BCUT2D eigenvalue weighted by Gasteiger charge is 2.28. The normalized spacial score (nSPS) is 31.4. The van der Waals surface area contributed by atoms with E-state index in [1.807, 2.05) is 0 Å². The van der Waals surface area contributed by atoms with Crippen LogP contribution in [0, 0.1) is 5.92 Å². The quantitative estimate of drug-likeness (QED) is 0.820. The zero-order valence-corrected chi connectivity index (χ0v) is 11.9. The summed E-state index contributed by atoms with van der Waals surface area (Å²) in [7, 11) is -3.09. The van der Waals surface area contributed by atoms with Crippen LogP contribution in [0.1, 0.15) is 57.8 Å². The van der Waals surface area contributed by atoms with E-state index in [9.17, 15) is 8.42 Å². The molecule has 4 nitrogen and oxygen atoms in total. The van der Waals surface area contributed by atoms with Gasteiger partial charge in [-0.15, -0.1) is 0 Å². The molecule has 0 heterocycles. The summed E-state index contributed by atoms with van der Waals surface area (Å²) in [5.74, 6) is 0.437. The third-order valence-corrected chi connectivity index (χ3v) is 6.31. The van der Waals surface area contributed by atoms with Gasteiger partial charge in [-0.05, 0) is 38.0 Å². The van der Waals surface area contributed by atoms with Gasteiger partial charge in [0, 0.05) is 12.6 Å². The lowest BCUT2D eigenvalue weighted by atomic mass is 9.86. The molecule has 2 aliphatic carbocycles. The Labute approximate surface area is 111 Å². The first-order valence-electron chi connectivity index (χ1n) is 7.32. The fourth-order valence-corrected chi connectivity index (χ4v) is 4.90. The maximum absolute atomic E-state index is 12.2. The van der Waals surface area contributed by atoms with Crippen molar-refractivity contribution in [3.63, 3.8) is 0 Å². The Morgan fingerprint density at radius 3 is 2.39 bits per heavy atom. The van der Waals surface area contributed by atoms with Crippen LogP contribution in [0.25, 0.3) is 0 Å². The molecule has 0 bridgehead atoms. The van der Waals surface area contributed by atoms with Gasteiger partial charge < -0.3 is 5.73 Å². The molecule has 0 radical (unpaired) electrons. The van der Waals surface area contributed by atoms with Crippen molar-refractivity contribution in [2.75, 3.05) is 6.54 Å². The lowest BCUT2D eigenvalue weighted by Gasteiger charge is -2.28. The second-order valence-corrected chi connectivity index (χ2v) is 7.99. The van der Waals surface area contributed by atoms with E-state index in [1.165, 1.54) is 6.42 Å². The average Bonchev–Trinajstić information content (AvgIpc) is 2.38. The van der Waals surface area contributed by atoms with Gasteiger partial charge in [0.05, 0.1) is 5.25 Å². The fourth-order valence-electron chi connectivity index (χ4n) is 3.25. The fraction of sp³-hybridized carbons (Fsp3) is 1.00. The van der Waals surface area contributed by atoms with Crippen LogP contribution in [0.2, 0.25) is 0 Å². The van der Waals surface area contributed by atoms with Crippen LogP contribution in [0.5, 0.6) is 0 Å². The topological polar surface area (TPSA) is 72.2 Å². The molecular formula is C13H26N2O2S. The number of nitrogens with two attached hydrogens (primary N) is 1. The number of hydrogen-bond acceptors (Lipinski definition) is 3. The summed E-state index contributed by atoms with van der Waals surface area (Å²) in [6.07, 6.45) is 9.26. The molecule has 0 spiro atoms. The van der Waals surface area contributed by atoms with Crippen LogP contribution < -0.4 is 10.5 Å². The van der Waals surface area contributed by atoms with Crippen LogP contribution in [-0.2, 0) is 10.0 Å². The third kappa shape index (κ3) is 3.93. The molecule has 2 rings (SSSR count). The highest BCUT2D eigenvalue weighted by Crippen LogP contribution is 2.25. The summed E-state index contributed by atoms with van der Waals surface area (Å²) in [6.45, 7) is 0.590. The largest absolute Gasteiger partial charge is 0.328 e. The maximum Gasteiger partial charge on any atom is 0.214 e. The molecule has 18 heavy (non-hydrogen) atoms. The highest BCUT2D eigenvalue weighted by molar-refractivity contribution is 7.90. The Kier molecular flexibility index (Phi) is 5.04. The summed E-state index contributed by atoms with van der Waals surface area (Å²) in [5.41, 5.74) is 5.93.